The number of hydrogen-bond donors (Lipinski definition) is 1. The second-order valence-electron chi connectivity index (χ2n) is 5.08. The molecule has 1 fully saturated rings. The molecule has 1 aliphatic heterocycles. The lowest BCUT2D eigenvalue weighted by Gasteiger charge is -2.19. The van der Waals surface area contributed by atoms with Crippen LogP contribution in [0.25, 0.3) is 0 Å². The van der Waals surface area contributed by atoms with E-state index in [1.807, 2.05) is 0 Å². The van der Waals surface area contributed by atoms with Crippen LogP contribution in [0.2, 0.25) is 0 Å². The average molecular weight is 303 g/mol. The number of nitrogens with zero attached hydrogens (tertiary/aromatic N) is 1. The second kappa shape index (κ2) is 5.28. The van der Waals surface area contributed by atoms with Crippen molar-refractivity contribution in [3.8, 4) is 0 Å². The smallest absolute Gasteiger partial charge is 0.393 e. The van der Waals surface area contributed by atoms with Crippen LogP contribution in [0.3, 0.4) is 0 Å². The quantitative estimate of drug-likeness (QED) is 0.846. The summed E-state index contributed by atoms with van der Waals surface area (Å²) < 4.78 is 62.5. The number of carboxylic acid groups (broad SMARTS) is 1. The summed E-state index contributed by atoms with van der Waals surface area (Å²) in [6.07, 6.45) is -4.72. The fourth-order valence-electron chi connectivity index (χ4n) is 2.10. The van der Waals surface area contributed by atoms with E-state index in [2.05, 4.69) is 0 Å². The van der Waals surface area contributed by atoms with Crippen LogP contribution in [0.5, 0.6) is 0 Å². The zero-order valence-electron chi connectivity index (χ0n) is 10.5. The Balaban J connectivity index is 2.96. The van der Waals surface area contributed by atoms with Crippen molar-refractivity contribution < 1.29 is 31.5 Å². The zero-order valence-corrected chi connectivity index (χ0v) is 11.3. The fraction of sp³-hybridized carbons (Fsp3) is 0.900. The topological polar surface area (TPSA) is 74.7 Å². The lowest BCUT2D eigenvalue weighted by atomic mass is 9.96. The molecule has 19 heavy (non-hydrogen) atoms. The van der Waals surface area contributed by atoms with Crippen molar-refractivity contribution in [1.29, 1.82) is 0 Å². The minimum atomic E-state index is -4.72. The van der Waals surface area contributed by atoms with Crippen molar-refractivity contribution in [2.45, 2.75) is 20.0 Å². The Labute approximate surface area is 109 Å². The molecule has 0 aromatic carbocycles. The summed E-state index contributed by atoms with van der Waals surface area (Å²) >= 11 is 0. The van der Waals surface area contributed by atoms with Gasteiger partial charge in [0.15, 0.2) is 0 Å². The van der Waals surface area contributed by atoms with Gasteiger partial charge in [-0.2, -0.15) is 13.2 Å². The van der Waals surface area contributed by atoms with Crippen molar-refractivity contribution in [2.24, 2.45) is 17.8 Å². The predicted molar refractivity (Wildman–Crippen MR) is 60.9 cm³/mol. The van der Waals surface area contributed by atoms with E-state index in [0.29, 0.717) is 4.31 Å². The van der Waals surface area contributed by atoms with Crippen LogP contribution < -0.4 is 0 Å². The average Bonchev–Trinajstić information content (AvgIpc) is 2.58. The van der Waals surface area contributed by atoms with Crippen molar-refractivity contribution in [3.63, 3.8) is 0 Å². The molecule has 0 aromatic rings. The molecule has 0 spiro atoms. The molecule has 1 heterocycles. The van der Waals surface area contributed by atoms with E-state index in [1.165, 1.54) is 0 Å². The zero-order chi connectivity index (χ0) is 15.0. The minimum Gasteiger partial charge on any atom is -0.481 e. The maximum absolute atomic E-state index is 12.7. The largest absolute Gasteiger partial charge is 0.481 e. The van der Waals surface area contributed by atoms with Gasteiger partial charge < -0.3 is 5.11 Å². The van der Waals surface area contributed by atoms with Gasteiger partial charge in [0.2, 0.25) is 10.0 Å². The number of aliphatic carboxylic acids is 1. The minimum absolute atomic E-state index is 0.238. The summed E-state index contributed by atoms with van der Waals surface area (Å²) in [7, 11) is -3.85. The standard InChI is InChI=1S/C10H16F3NO4S/c1-6(2)5-19(17,18)14-3-7(9(15)16)8(4-14)10(11,12)13/h6-8H,3-5H2,1-2H3,(H,15,16)/t7-,8-/m1/s1. The fourth-order valence-corrected chi connectivity index (χ4v) is 3.93. The summed E-state index contributed by atoms with van der Waals surface area (Å²) in [5, 5.41) is 8.79. The second-order valence-corrected chi connectivity index (χ2v) is 7.10. The highest BCUT2D eigenvalue weighted by Gasteiger charge is 2.54. The Bertz CT molecular complexity index is 446. The lowest BCUT2D eigenvalue weighted by Crippen LogP contribution is -2.35. The summed E-state index contributed by atoms with van der Waals surface area (Å²) in [6, 6.07) is 0. The first-order valence-corrected chi connectivity index (χ1v) is 7.33. The molecule has 112 valence electrons. The Hall–Kier alpha value is -0.830. The third-order valence-corrected chi connectivity index (χ3v) is 5.13. The molecule has 0 aromatic heterocycles. The third kappa shape index (κ3) is 3.82. The molecule has 0 saturated carbocycles. The molecule has 1 saturated heterocycles. The van der Waals surface area contributed by atoms with Gasteiger partial charge >= 0.3 is 12.1 Å². The van der Waals surface area contributed by atoms with Crippen molar-refractivity contribution in [3.05, 3.63) is 0 Å². The number of halogens is 3. The van der Waals surface area contributed by atoms with E-state index in [-0.39, 0.29) is 11.7 Å². The molecule has 0 unspecified atom stereocenters. The highest BCUT2D eigenvalue weighted by molar-refractivity contribution is 7.89. The van der Waals surface area contributed by atoms with Gasteiger partial charge in [-0.25, -0.2) is 12.7 Å². The van der Waals surface area contributed by atoms with Crippen molar-refractivity contribution >= 4 is 16.0 Å². The molecule has 1 N–H and O–H groups in total. The van der Waals surface area contributed by atoms with Crippen LogP contribution in [-0.4, -0.2) is 48.8 Å². The molecule has 0 radical (unpaired) electrons. The van der Waals surface area contributed by atoms with Gasteiger partial charge in [0.05, 0.1) is 17.6 Å². The molecule has 0 aliphatic carbocycles. The van der Waals surface area contributed by atoms with E-state index in [9.17, 15) is 26.4 Å². The molecule has 2 atom stereocenters. The van der Waals surface area contributed by atoms with Crippen LogP contribution in [0.4, 0.5) is 13.2 Å². The van der Waals surface area contributed by atoms with Crippen LogP contribution in [0.1, 0.15) is 13.8 Å². The SMILES string of the molecule is CC(C)CS(=O)(=O)N1C[C@@H](C(F)(F)F)[C@H](C(=O)O)C1. The number of sulfonamides is 1. The summed E-state index contributed by atoms with van der Waals surface area (Å²) in [4.78, 5) is 10.8. The Morgan fingerprint density at radius 1 is 1.37 bits per heavy atom. The van der Waals surface area contributed by atoms with Crippen LogP contribution >= 0.6 is 0 Å². The van der Waals surface area contributed by atoms with Crippen LogP contribution in [0.15, 0.2) is 0 Å². The van der Waals surface area contributed by atoms with E-state index < -0.39 is 47.1 Å². The number of hydrogen-bond acceptors (Lipinski definition) is 3. The highest BCUT2D eigenvalue weighted by atomic mass is 32.2. The molecular formula is C10H16F3NO4S. The van der Waals surface area contributed by atoms with Gasteiger partial charge in [0.25, 0.3) is 0 Å². The van der Waals surface area contributed by atoms with Crippen molar-refractivity contribution in [2.75, 3.05) is 18.8 Å². The van der Waals surface area contributed by atoms with Gasteiger partial charge in [0, 0.05) is 13.1 Å². The molecule has 5 nitrogen and oxygen atoms in total. The third-order valence-electron chi connectivity index (χ3n) is 2.96. The van der Waals surface area contributed by atoms with Crippen LogP contribution in [-0.2, 0) is 14.8 Å². The molecule has 9 heteroatoms. The summed E-state index contributed by atoms with van der Waals surface area (Å²) in [6.45, 7) is 1.83. The van der Waals surface area contributed by atoms with E-state index in [1.54, 1.807) is 13.8 Å². The number of carbonyl (C=O) groups is 1. The molecule has 1 rings (SSSR count). The Morgan fingerprint density at radius 2 is 1.89 bits per heavy atom. The normalized spacial score (nSPS) is 26.0. The van der Waals surface area contributed by atoms with Gasteiger partial charge in [0.1, 0.15) is 0 Å². The van der Waals surface area contributed by atoms with Gasteiger partial charge in [-0.1, -0.05) is 13.8 Å². The van der Waals surface area contributed by atoms with E-state index in [0.717, 1.165) is 0 Å². The van der Waals surface area contributed by atoms with Gasteiger partial charge in [-0.05, 0) is 5.92 Å². The number of carboxylic acids is 1. The maximum atomic E-state index is 12.7. The Morgan fingerprint density at radius 3 is 2.21 bits per heavy atom. The van der Waals surface area contributed by atoms with Gasteiger partial charge in [-0.3, -0.25) is 4.79 Å². The molecule has 0 amide bonds. The molecular weight excluding hydrogens is 287 g/mol. The van der Waals surface area contributed by atoms with E-state index >= 15 is 0 Å². The highest BCUT2D eigenvalue weighted by Crippen LogP contribution is 2.38. The summed E-state index contributed by atoms with van der Waals surface area (Å²) in [5.74, 6) is -6.03. The first-order valence-electron chi connectivity index (χ1n) is 5.72. The first-order chi connectivity index (χ1) is 8.45. The molecule has 1 aliphatic rings. The monoisotopic (exact) mass is 303 g/mol. The predicted octanol–water partition coefficient (Wildman–Crippen LogP) is 1.17. The maximum Gasteiger partial charge on any atom is 0.393 e. The first kappa shape index (κ1) is 16.2. The van der Waals surface area contributed by atoms with Gasteiger partial charge in [-0.15, -0.1) is 0 Å². The van der Waals surface area contributed by atoms with E-state index in [4.69, 9.17) is 5.11 Å². The Kier molecular flexibility index (Phi) is 4.51. The number of alkyl halides is 3. The van der Waals surface area contributed by atoms with Crippen LogP contribution in [0, 0.1) is 17.8 Å². The van der Waals surface area contributed by atoms with Crippen molar-refractivity contribution in [1.82, 2.24) is 4.31 Å². The summed E-state index contributed by atoms with van der Waals surface area (Å²) in [5.41, 5.74) is 0. The number of rotatable bonds is 4. The lowest BCUT2D eigenvalue weighted by molar-refractivity contribution is -0.187. The molecule has 0 bridgehead atoms.